The van der Waals surface area contributed by atoms with Crippen molar-refractivity contribution in [1.82, 2.24) is 20.0 Å². The first-order valence-electron chi connectivity index (χ1n) is 11.5. The molecule has 1 amide bonds. The molecule has 35 heavy (non-hydrogen) atoms. The highest BCUT2D eigenvalue weighted by Crippen LogP contribution is 2.29. The number of benzene rings is 1. The number of nitrogens with one attached hydrogen (secondary N) is 2. The van der Waals surface area contributed by atoms with Gasteiger partial charge in [-0.1, -0.05) is 17.7 Å². The molecule has 9 nitrogen and oxygen atoms in total. The van der Waals surface area contributed by atoms with Crippen molar-refractivity contribution in [2.24, 2.45) is 7.05 Å². The number of aromatic nitrogens is 3. The minimum absolute atomic E-state index is 0.0739. The smallest absolute Gasteiger partial charge is 0.296 e. The van der Waals surface area contributed by atoms with Crippen LogP contribution < -0.4 is 21.3 Å². The number of halogens is 1. The van der Waals surface area contributed by atoms with Crippen LogP contribution in [0.5, 0.6) is 0 Å². The van der Waals surface area contributed by atoms with Crippen molar-refractivity contribution in [3.8, 4) is 0 Å². The van der Waals surface area contributed by atoms with Gasteiger partial charge in [-0.15, -0.1) is 0 Å². The maximum Gasteiger partial charge on any atom is 0.296 e. The van der Waals surface area contributed by atoms with E-state index in [4.69, 9.17) is 20.9 Å². The largest absolute Gasteiger partial charge is 0.377 e. The highest BCUT2D eigenvalue weighted by atomic mass is 35.5. The SMILES string of the molecule is CSONC(=O)c1nc(Cl)ccc1NC(C)c1cc(C)cc2c(=O)n(C)c(N3CCCCC3)nc12. The Balaban J connectivity index is 1.76. The lowest BCUT2D eigenvalue weighted by Crippen LogP contribution is -2.35. The molecule has 1 unspecified atom stereocenters. The van der Waals surface area contributed by atoms with Gasteiger partial charge in [-0.3, -0.25) is 14.2 Å². The fraction of sp³-hybridized carbons (Fsp3) is 0.417. The van der Waals surface area contributed by atoms with Gasteiger partial charge < -0.3 is 10.2 Å². The maximum atomic E-state index is 13.3. The van der Waals surface area contributed by atoms with E-state index in [2.05, 4.69) is 20.7 Å². The summed E-state index contributed by atoms with van der Waals surface area (Å²) < 4.78 is 6.60. The minimum Gasteiger partial charge on any atom is -0.377 e. The first-order chi connectivity index (χ1) is 16.8. The Labute approximate surface area is 213 Å². The first-order valence-corrected chi connectivity index (χ1v) is 13.0. The predicted octanol–water partition coefficient (Wildman–Crippen LogP) is 4.39. The quantitative estimate of drug-likeness (QED) is 0.271. The number of fused-ring (bicyclic) bond motifs is 1. The number of anilines is 2. The number of carbonyl (C=O) groups is 1. The lowest BCUT2D eigenvalue weighted by atomic mass is 10.0. The number of hydrogen-bond acceptors (Lipinski definition) is 8. The van der Waals surface area contributed by atoms with Crippen molar-refractivity contribution in [1.29, 1.82) is 0 Å². The molecule has 1 aromatic carbocycles. The molecule has 2 N–H and O–H groups in total. The molecule has 186 valence electrons. The molecular formula is C24H29ClN6O3S. The zero-order valence-corrected chi connectivity index (χ0v) is 21.8. The number of hydrogen-bond donors (Lipinski definition) is 2. The minimum atomic E-state index is -0.523. The third-order valence-corrected chi connectivity index (χ3v) is 6.56. The molecule has 3 aromatic rings. The Bertz CT molecular complexity index is 1310. The molecule has 0 radical (unpaired) electrons. The summed E-state index contributed by atoms with van der Waals surface area (Å²) in [7, 11) is 1.78. The molecule has 2 aromatic heterocycles. The van der Waals surface area contributed by atoms with Crippen LogP contribution in [-0.4, -0.2) is 39.8 Å². The molecule has 3 heterocycles. The van der Waals surface area contributed by atoms with Crippen molar-refractivity contribution in [3.05, 3.63) is 56.6 Å². The van der Waals surface area contributed by atoms with Crippen LogP contribution in [0.3, 0.4) is 0 Å². The fourth-order valence-electron chi connectivity index (χ4n) is 4.41. The molecule has 4 rings (SSSR count). The van der Waals surface area contributed by atoms with Gasteiger partial charge in [-0.2, -0.15) is 0 Å². The Kier molecular flexibility index (Phi) is 7.83. The number of aryl methyl sites for hydroxylation is 1. The molecule has 1 atom stereocenters. The zero-order valence-electron chi connectivity index (χ0n) is 20.2. The van der Waals surface area contributed by atoms with Crippen LogP contribution in [0.15, 0.2) is 29.1 Å². The summed E-state index contributed by atoms with van der Waals surface area (Å²) in [6.45, 7) is 5.68. The molecule has 0 aliphatic carbocycles. The fourth-order valence-corrected chi connectivity index (χ4v) is 4.72. The summed E-state index contributed by atoms with van der Waals surface area (Å²) in [4.78, 5) is 37.3. The summed E-state index contributed by atoms with van der Waals surface area (Å²) >= 11 is 7.06. The Morgan fingerprint density at radius 1 is 1.20 bits per heavy atom. The van der Waals surface area contributed by atoms with E-state index in [0.29, 0.717) is 22.5 Å². The summed E-state index contributed by atoms with van der Waals surface area (Å²) in [5.41, 5.74) is 5.30. The molecule has 0 saturated carbocycles. The Morgan fingerprint density at radius 3 is 2.66 bits per heavy atom. The maximum absolute atomic E-state index is 13.3. The van der Waals surface area contributed by atoms with E-state index in [1.807, 2.05) is 26.0 Å². The Morgan fingerprint density at radius 2 is 1.94 bits per heavy atom. The molecule has 0 bridgehead atoms. The zero-order chi connectivity index (χ0) is 25.1. The van der Waals surface area contributed by atoms with Crippen molar-refractivity contribution < 1.29 is 9.08 Å². The van der Waals surface area contributed by atoms with Crippen LogP contribution in [0.1, 0.15) is 53.8 Å². The summed E-state index contributed by atoms with van der Waals surface area (Å²) in [5.74, 6) is 0.159. The van der Waals surface area contributed by atoms with E-state index >= 15 is 0 Å². The van der Waals surface area contributed by atoms with E-state index in [1.165, 1.54) is 6.42 Å². The summed E-state index contributed by atoms with van der Waals surface area (Å²) in [6.07, 6.45) is 5.05. The number of amides is 1. The van der Waals surface area contributed by atoms with Gasteiger partial charge in [0.2, 0.25) is 5.95 Å². The molecule has 1 fully saturated rings. The van der Waals surface area contributed by atoms with Crippen LogP contribution in [-0.2, 0) is 11.3 Å². The molecular weight excluding hydrogens is 488 g/mol. The third kappa shape index (κ3) is 5.39. The average molecular weight is 517 g/mol. The number of pyridine rings is 1. The molecule has 11 heteroatoms. The first kappa shape index (κ1) is 25.3. The van der Waals surface area contributed by atoms with Gasteiger partial charge in [0.15, 0.2) is 5.69 Å². The van der Waals surface area contributed by atoms with Gasteiger partial charge in [0.05, 0.1) is 22.6 Å². The number of nitrogens with zero attached hydrogens (tertiary/aromatic N) is 4. The molecule has 1 aliphatic rings. The highest BCUT2D eigenvalue weighted by molar-refractivity contribution is 7.93. The second-order valence-corrected chi connectivity index (χ2v) is 9.54. The predicted molar refractivity (Wildman–Crippen MR) is 141 cm³/mol. The van der Waals surface area contributed by atoms with Gasteiger partial charge in [-0.05, 0) is 56.9 Å². The molecule has 1 aliphatic heterocycles. The van der Waals surface area contributed by atoms with Gasteiger partial charge in [0, 0.05) is 44.0 Å². The van der Waals surface area contributed by atoms with Crippen molar-refractivity contribution in [2.75, 3.05) is 29.6 Å². The monoisotopic (exact) mass is 516 g/mol. The second-order valence-electron chi connectivity index (χ2n) is 8.65. The highest BCUT2D eigenvalue weighted by Gasteiger charge is 2.22. The van der Waals surface area contributed by atoms with Crippen molar-refractivity contribution in [2.45, 2.75) is 39.2 Å². The van der Waals surface area contributed by atoms with Crippen LogP contribution in [0.4, 0.5) is 11.6 Å². The van der Waals surface area contributed by atoms with Gasteiger partial charge in [-0.25, -0.2) is 19.7 Å². The van der Waals surface area contributed by atoms with E-state index < -0.39 is 5.91 Å². The average Bonchev–Trinajstić information content (AvgIpc) is 2.86. The number of carbonyl (C=O) groups excluding carboxylic acids is 1. The van der Waals surface area contributed by atoms with Gasteiger partial charge >= 0.3 is 0 Å². The molecule has 0 spiro atoms. The third-order valence-electron chi connectivity index (χ3n) is 6.10. The lowest BCUT2D eigenvalue weighted by Gasteiger charge is -2.29. The molecule has 1 saturated heterocycles. The van der Waals surface area contributed by atoms with Crippen LogP contribution in [0.2, 0.25) is 5.15 Å². The summed E-state index contributed by atoms with van der Waals surface area (Å²) in [5, 5.41) is 4.11. The number of piperidine rings is 1. The van der Waals surface area contributed by atoms with E-state index in [-0.39, 0.29) is 22.4 Å². The number of rotatable bonds is 7. The summed E-state index contributed by atoms with van der Waals surface area (Å²) in [6, 6.07) is 6.92. The topological polar surface area (TPSA) is 101 Å². The normalized spacial score (nSPS) is 14.7. The Hall–Kier alpha value is -2.82. The van der Waals surface area contributed by atoms with E-state index in [0.717, 1.165) is 49.1 Å². The lowest BCUT2D eigenvalue weighted by molar-refractivity contribution is 0.0794. The van der Waals surface area contributed by atoms with E-state index in [1.54, 1.807) is 30.0 Å². The van der Waals surface area contributed by atoms with Crippen molar-refractivity contribution in [3.63, 3.8) is 0 Å². The van der Waals surface area contributed by atoms with Crippen LogP contribution in [0.25, 0.3) is 10.9 Å². The standard InChI is InChI=1S/C24H29ClN6O3S/c1-14-12-16(15(2)26-18-8-9-19(25)27-21(18)22(32)29-34-35-4)20-17(13-14)23(33)30(3)24(28-20)31-10-6-5-7-11-31/h8-9,12-13,15,26H,5-7,10-11H2,1-4H3,(H,29,32). The van der Waals surface area contributed by atoms with Crippen molar-refractivity contribution >= 4 is 52.1 Å². The van der Waals surface area contributed by atoms with Crippen LogP contribution in [0, 0.1) is 6.92 Å². The van der Waals surface area contributed by atoms with Crippen LogP contribution >= 0.6 is 23.6 Å². The number of hydroxylamine groups is 1. The second kappa shape index (κ2) is 10.8. The van der Waals surface area contributed by atoms with E-state index in [9.17, 15) is 9.59 Å². The van der Waals surface area contributed by atoms with Gasteiger partial charge in [0.1, 0.15) is 5.15 Å². The van der Waals surface area contributed by atoms with Gasteiger partial charge in [0.25, 0.3) is 11.5 Å².